The second-order valence-electron chi connectivity index (χ2n) is 4.71. The van der Waals surface area contributed by atoms with E-state index >= 15 is 0 Å². The van der Waals surface area contributed by atoms with E-state index in [1.54, 1.807) is 0 Å². The van der Waals surface area contributed by atoms with Crippen molar-refractivity contribution in [3.63, 3.8) is 0 Å². The fourth-order valence-corrected chi connectivity index (χ4v) is 2.59. The molecule has 0 unspecified atom stereocenters. The van der Waals surface area contributed by atoms with E-state index in [0.717, 1.165) is 26.1 Å². The second-order valence-corrected chi connectivity index (χ2v) is 5.77. The summed E-state index contributed by atoms with van der Waals surface area (Å²) in [4.78, 5) is 17.1. The Bertz CT molecular complexity index is 400. The minimum Gasteiger partial charge on any atom is -0.381 e. The van der Waals surface area contributed by atoms with Crippen LogP contribution in [0.15, 0.2) is 6.20 Å². The number of aromatic nitrogens is 1. The van der Waals surface area contributed by atoms with Crippen LogP contribution in [0.4, 0.5) is 9.93 Å². The summed E-state index contributed by atoms with van der Waals surface area (Å²) in [5.41, 5.74) is 0. The van der Waals surface area contributed by atoms with Gasteiger partial charge in [-0.2, -0.15) is 0 Å². The standard InChI is InChI=1S/C12H19N3O2S/c1-8(2)10-7-13-12(18-10)15-11(16)14-9-3-5-17-6-4-9/h7-9H,3-6H2,1-2H3,(H2,13,14,15,16). The van der Waals surface area contributed by atoms with Crippen LogP contribution in [0, 0.1) is 0 Å². The van der Waals surface area contributed by atoms with Crippen molar-refractivity contribution in [2.24, 2.45) is 0 Å². The first-order valence-electron chi connectivity index (χ1n) is 6.26. The molecule has 5 nitrogen and oxygen atoms in total. The van der Waals surface area contributed by atoms with Crippen molar-refractivity contribution in [3.8, 4) is 0 Å². The quantitative estimate of drug-likeness (QED) is 0.886. The molecule has 1 aliphatic rings. The van der Waals surface area contributed by atoms with Gasteiger partial charge < -0.3 is 10.1 Å². The Labute approximate surface area is 111 Å². The van der Waals surface area contributed by atoms with Gasteiger partial charge in [0.15, 0.2) is 5.13 Å². The van der Waals surface area contributed by atoms with Crippen LogP contribution in [-0.4, -0.2) is 30.3 Å². The summed E-state index contributed by atoms with van der Waals surface area (Å²) >= 11 is 1.52. The molecule has 0 aromatic carbocycles. The van der Waals surface area contributed by atoms with Gasteiger partial charge in [0.2, 0.25) is 0 Å². The van der Waals surface area contributed by atoms with Gasteiger partial charge in [0, 0.05) is 30.3 Å². The topological polar surface area (TPSA) is 63.2 Å². The molecule has 2 heterocycles. The Balaban J connectivity index is 1.82. The van der Waals surface area contributed by atoms with E-state index in [1.807, 2.05) is 6.20 Å². The maximum atomic E-state index is 11.8. The number of carbonyl (C=O) groups excluding carboxylic acids is 1. The molecule has 1 aromatic rings. The lowest BCUT2D eigenvalue weighted by molar-refractivity contribution is 0.0806. The Hall–Kier alpha value is -1.14. The lowest BCUT2D eigenvalue weighted by atomic mass is 10.1. The summed E-state index contributed by atoms with van der Waals surface area (Å²) in [6, 6.07) is 0.0369. The number of nitrogens with zero attached hydrogens (tertiary/aromatic N) is 1. The number of thiazole rings is 1. The summed E-state index contributed by atoms with van der Waals surface area (Å²) in [5, 5.41) is 6.38. The number of hydrogen-bond donors (Lipinski definition) is 2. The predicted octanol–water partition coefficient (Wildman–Crippen LogP) is 2.57. The number of anilines is 1. The maximum absolute atomic E-state index is 11.8. The van der Waals surface area contributed by atoms with E-state index in [2.05, 4.69) is 29.5 Å². The van der Waals surface area contributed by atoms with E-state index < -0.39 is 0 Å². The number of nitrogens with one attached hydrogen (secondary N) is 2. The lowest BCUT2D eigenvalue weighted by Crippen LogP contribution is -2.41. The molecular weight excluding hydrogens is 250 g/mol. The van der Waals surface area contributed by atoms with Gasteiger partial charge in [-0.1, -0.05) is 13.8 Å². The van der Waals surface area contributed by atoms with Gasteiger partial charge in [-0.3, -0.25) is 5.32 Å². The Morgan fingerprint density at radius 3 is 2.83 bits per heavy atom. The van der Waals surface area contributed by atoms with Crippen LogP contribution >= 0.6 is 11.3 Å². The molecule has 0 radical (unpaired) electrons. The van der Waals surface area contributed by atoms with Crippen LogP contribution in [0.3, 0.4) is 0 Å². The van der Waals surface area contributed by atoms with Gasteiger partial charge in [-0.15, -0.1) is 11.3 Å². The third-order valence-corrected chi connectivity index (χ3v) is 4.08. The molecule has 0 bridgehead atoms. The summed E-state index contributed by atoms with van der Waals surface area (Å²) in [5.74, 6) is 0.441. The first kappa shape index (κ1) is 13.3. The summed E-state index contributed by atoms with van der Waals surface area (Å²) in [6.45, 7) is 5.66. The third kappa shape index (κ3) is 3.68. The highest BCUT2D eigenvalue weighted by molar-refractivity contribution is 7.15. The van der Waals surface area contributed by atoms with Crippen molar-refractivity contribution in [2.45, 2.75) is 38.6 Å². The second kappa shape index (κ2) is 6.15. The highest BCUT2D eigenvalue weighted by atomic mass is 32.1. The molecule has 1 aromatic heterocycles. The minimum atomic E-state index is -0.174. The van der Waals surface area contributed by atoms with Crippen LogP contribution in [0.2, 0.25) is 0 Å². The molecule has 0 aliphatic carbocycles. The van der Waals surface area contributed by atoms with Gasteiger partial charge in [0.1, 0.15) is 0 Å². The van der Waals surface area contributed by atoms with E-state index in [9.17, 15) is 4.79 Å². The molecule has 18 heavy (non-hydrogen) atoms. The van der Waals surface area contributed by atoms with Crippen molar-refractivity contribution >= 4 is 22.5 Å². The van der Waals surface area contributed by atoms with Gasteiger partial charge in [0.25, 0.3) is 0 Å². The smallest absolute Gasteiger partial charge is 0.321 e. The molecule has 1 fully saturated rings. The zero-order valence-electron chi connectivity index (χ0n) is 10.7. The Morgan fingerprint density at radius 1 is 1.50 bits per heavy atom. The molecule has 2 rings (SSSR count). The van der Waals surface area contributed by atoms with E-state index in [1.165, 1.54) is 16.2 Å². The largest absolute Gasteiger partial charge is 0.381 e. The molecule has 6 heteroatoms. The first-order chi connectivity index (χ1) is 8.65. The van der Waals surface area contributed by atoms with Gasteiger partial charge >= 0.3 is 6.03 Å². The number of urea groups is 1. The van der Waals surface area contributed by atoms with Crippen molar-refractivity contribution in [2.75, 3.05) is 18.5 Å². The summed E-state index contributed by atoms with van der Waals surface area (Å²) in [6.07, 6.45) is 3.57. The van der Waals surface area contributed by atoms with Crippen LogP contribution < -0.4 is 10.6 Å². The average molecular weight is 269 g/mol. The maximum Gasteiger partial charge on any atom is 0.321 e. The van der Waals surface area contributed by atoms with Gasteiger partial charge in [-0.05, 0) is 18.8 Å². The summed E-state index contributed by atoms with van der Waals surface area (Å²) < 4.78 is 5.25. The normalized spacial score (nSPS) is 16.8. The third-order valence-electron chi connectivity index (χ3n) is 2.87. The van der Waals surface area contributed by atoms with Crippen molar-refractivity contribution < 1.29 is 9.53 Å². The van der Waals surface area contributed by atoms with E-state index in [4.69, 9.17) is 4.74 Å². The van der Waals surface area contributed by atoms with Gasteiger partial charge in [0.05, 0.1) is 0 Å². The Morgan fingerprint density at radius 2 is 2.22 bits per heavy atom. The first-order valence-corrected chi connectivity index (χ1v) is 7.08. The van der Waals surface area contributed by atoms with Crippen molar-refractivity contribution in [1.29, 1.82) is 0 Å². The lowest BCUT2D eigenvalue weighted by Gasteiger charge is -2.22. The number of carbonyl (C=O) groups is 1. The van der Waals surface area contributed by atoms with Gasteiger partial charge in [-0.25, -0.2) is 9.78 Å². The van der Waals surface area contributed by atoms with E-state index in [0.29, 0.717) is 11.0 Å². The zero-order valence-corrected chi connectivity index (χ0v) is 11.5. The van der Waals surface area contributed by atoms with Crippen LogP contribution in [0.1, 0.15) is 37.5 Å². The van der Waals surface area contributed by atoms with Crippen LogP contribution in [0.5, 0.6) is 0 Å². The highest BCUT2D eigenvalue weighted by Gasteiger charge is 2.16. The number of amides is 2. The molecule has 0 atom stereocenters. The minimum absolute atomic E-state index is 0.174. The molecule has 0 saturated carbocycles. The van der Waals surface area contributed by atoms with Crippen LogP contribution in [-0.2, 0) is 4.74 Å². The molecule has 100 valence electrons. The summed E-state index contributed by atoms with van der Waals surface area (Å²) in [7, 11) is 0. The SMILES string of the molecule is CC(C)c1cnc(NC(=O)NC2CCOCC2)s1. The number of rotatable bonds is 3. The molecular formula is C12H19N3O2S. The fourth-order valence-electron chi connectivity index (χ4n) is 1.77. The number of ether oxygens (including phenoxy) is 1. The predicted molar refractivity (Wildman–Crippen MR) is 72.2 cm³/mol. The molecule has 1 saturated heterocycles. The fraction of sp³-hybridized carbons (Fsp3) is 0.667. The molecule has 1 aliphatic heterocycles. The zero-order chi connectivity index (χ0) is 13.0. The van der Waals surface area contributed by atoms with E-state index in [-0.39, 0.29) is 12.1 Å². The highest BCUT2D eigenvalue weighted by Crippen LogP contribution is 2.24. The van der Waals surface area contributed by atoms with Crippen LogP contribution in [0.25, 0.3) is 0 Å². The molecule has 2 N–H and O–H groups in total. The monoisotopic (exact) mass is 269 g/mol. The average Bonchev–Trinajstić information content (AvgIpc) is 2.78. The molecule has 0 spiro atoms. The van der Waals surface area contributed by atoms with Crippen molar-refractivity contribution in [1.82, 2.24) is 10.3 Å². The number of hydrogen-bond acceptors (Lipinski definition) is 4. The van der Waals surface area contributed by atoms with Crippen molar-refractivity contribution in [3.05, 3.63) is 11.1 Å². The Kier molecular flexibility index (Phi) is 4.54. The molecule has 2 amide bonds.